The lowest BCUT2D eigenvalue weighted by atomic mass is 10.1. The monoisotopic (exact) mass is 673 g/mol. The first-order valence-corrected chi connectivity index (χ1v) is 15.4. The van der Waals surface area contributed by atoms with Crippen LogP contribution in [0.3, 0.4) is 0 Å². The lowest BCUT2D eigenvalue weighted by Gasteiger charge is -2.43. The third-order valence-electron chi connectivity index (χ3n) is 8.12. The minimum absolute atomic E-state index is 0.0129. The summed E-state index contributed by atoms with van der Waals surface area (Å²) in [7, 11) is 4.06. The highest BCUT2D eigenvalue weighted by Crippen LogP contribution is 2.39. The predicted octanol–water partition coefficient (Wildman–Crippen LogP) is 4.70. The molecule has 4 aromatic rings. The number of nitrogens with zero attached hydrogens (tertiary/aromatic N) is 7. The highest BCUT2D eigenvalue weighted by atomic mass is 35.5. The standard InChI is InChI=1S/C31H31Cl2F2N7O4/c1-4-45-30(44)22-15-41(18-7-8-25(37-12-18)40-13-20(14-40)39(2)3)27-21(26(22)43)10-24(33)28(38-27)42-17-31(34,35)11-19(42)16-46-29-23(32)6-5-9-36-29/h5-10,12,15,19-20H,4,11,13-14,16-17H2,1-3H3. The maximum atomic E-state index is 14.9. The van der Waals surface area contributed by atoms with Gasteiger partial charge in [-0.3, -0.25) is 9.36 Å². The van der Waals surface area contributed by atoms with E-state index >= 15 is 0 Å². The summed E-state index contributed by atoms with van der Waals surface area (Å²) in [5.41, 5.74) is -0.291. The van der Waals surface area contributed by atoms with Crippen molar-refractivity contribution in [3.8, 4) is 11.6 Å². The lowest BCUT2D eigenvalue weighted by molar-refractivity contribution is 0.0205. The Morgan fingerprint density at radius 3 is 2.61 bits per heavy atom. The Morgan fingerprint density at radius 1 is 1.15 bits per heavy atom. The average Bonchev–Trinajstić information content (AvgIpc) is 3.30. The molecule has 0 N–H and O–H groups in total. The van der Waals surface area contributed by atoms with Crippen molar-refractivity contribution >= 4 is 51.8 Å². The summed E-state index contributed by atoms with van der Waals surface area (Å²) in [5.74, 6) is -2.97. The number of ether oxygens (including phenoxy) is 2. The number of carbonyl (C=O) groups excluding carboxylic acids is 1. The Morgan fingerprint density at radius 2 is 1.93 bits per heavy atom. The smallest absolute Gasteiger partial charge is 0.343 e. The number of carbonyl (C=O) groups is 1. The fraction of sp³-hybridized carbons (Fsp3) is 0.387. The molecular weight excluding hydrogens is 643 g/mol. The van der Waals surface area contributed by atoms with E-state index in [-0.39, 0.29) is 51.6 Å². The number of hydrogen-bond donors (Lipinski definition) is 0. The molecule has 6 heterocycles. The van der Waals surface area contributed by atoms with Crippen molar-refractivity contribution in [2.75, 3.05) is 56.7 Å². The second kappa shape index (κ2) is 12.6. The molecule has 0 aliphatic carbocycles. The molecule has 11 nitrogen and oxygen atoms in total. The number of alkyl halides is 2. The SMILES string of the molecule is CCOC(=O)c1cn(-c2ccc(N3CC(N(C)C)C3)nc2)c2nc(N3CC(F)(F)CC3COc3ncccc3Cl)c(Cl)cc2c1=O. The number of aromatic nitrogens is 4. The fourth-order valence-electron chi connectivity index (χ4n) is 5.59. The van der Waals surface area contributed by atoms with Crippen LogP contribution < -0.4 is 20.0 Å². The van der Waals surface area contributed by atoms with Gasteiger partial charge in [0.2, 0.25) is 11.3 Å². The highest BCUT2D eigenvalue weighted by molar-refractivity contribution is 6.33. The zero-order valence-electron chi connectivity index (χ0n) is 25.3. The summed E-state index contributed by atoms with van der Waals surface area (Å²) in [4.78, 5) is 45.4. The Balaban J connectivity index is 1.41. The Bertz CT molecular complexity index is 1830. The van der Waals surface area contributed by atoms with Gasteiger partial charge in [-0.25, -0.2) is 28.5 Å². The second-order valence-electron chi connectivity index (χ2n) is 11.5. The molecular formula is C31H31Cl2F2N7O4. The first-order chi connectivity index (χ1) is 22.0. The van der Waals surface area contributed by atoms with Gasteiger partial charge in [0.1, 0.15) is 23.0 Å². The van der Waals surface area contributed by atoms with Crippen LogP contribution in [0.4, 0.5) is 20.4 Å². The molecule has 15 heteroatoms. The van der Waals surface area contributed by atoms with Gasteiger partial charge in [-0.2, -0.15) is 0 Å². The molecule has 2 saturated heterocycles. The van der Waals surface area contributed by atoms with E-state index in [1.165, 1.54) is 27.9 Å². The van der Waals surface area contributed by atoms with Crippen molar-refractivity contribution in [2.45, 2.75) is 31.4 Å². The number of anilines is 2. The van der Waals surface area contributed by atoms with E-state index in [4.69, 9.17) is 32.7 Å². The molecule has 1 atom stereocenters. The minimum atomic E-state index is -3.07. The first-order valence-electron chi connectivity index (χ1n) is 14.6. The normalized spacial score (nSPS) is 17.9. The number of halogens is 4. The van der Waals surface area contributed by atoms with E-state index in [1.54, 1.807) is 31.3 Å². The van der Waals surface area contributed by atoms with Crippen molar-refractivity contribution in [2.24, 2.45) is 0 Å². The molecule has 0 bridgehead atoms. The second-order valence-corrected chi connectivity index (χ2v) is 12.3. The Kier molecular flexibility index (Phi) is 8.75. The van der Waals surface area contributed by atoms with Crippen molar-refractivity contribution < 1.29 is 23.0 Å². The molecule has 4 aromatic heterocycles. The van der Waals surface area contributed by atoms with Crippen LogP contribution in [-0.2, 0) is 4.74 Å². The molecule has 0 radical (unpaired) electrons. The van der Waals surface area contributed by atoms with Gasteiger partial charge in [0, 0.05) is 37.9 Å². The van der Waals surface area contributed by atoms with Crippen LogP contribution >= 0.6 is 23.2 Å². The molecule has 1 unspecified atom stereocenters. The molecule has 2 aliphatic heterocycles. The van der Waals surface area contributed by atoms with Gasteiger partial charge in [-0.1, -0.05) is 23.2 Å². The predicted molar refractivity (Wildman–Crippen MR) is 171 cm³/mol. The van der Waals surface area contributed by atoms with Gasteiger partial charge < -0.3 is 24.2 Å². The summed E-state index contributed by atoms with van der Waals surface area (Å²) < 4.78 is 42.1. The van der Waals surface area contributed by atoms with Gasteiger partial charge in [0.15, 0.2) is 11.5 Å². The van der Waals surface area contributed by atoms with E-state index in [1.807, 2.05) is 20.2 Å². The van der Waals surface area contributed by atoms with Gasteiger partial charge >= 0.3 is 5.97 Å². The van der Waals surface area contributed by atoms with Crippen molar-refractivity contribution in [3.05, 3.63) is 74.8 Å². The maximum absolute atomic E-state index is 14.9. The van der Waals surface area contributed by atoms with Crippen LogP contribution in [0.25, 0.3) is 16.7 Å². The number of pyridine rings is 4. The molecule has 0 aromatic carbocycles. The zero-order chi connectivity index (χ0) is 32.7. The lowest BCUT2D eigenvalue weighted by Crippen LogP contribution is -2.57. The van der Waals surface area contributed by atoms with Crippen LogP contribution in [0.2, 0.25) is 10.0 Å². The number of rotatable bonds is 9. The maximum Gasteiger partial charge on any atom is 0.343 e. The summed E-state index contributed by atoms with van der Waals surface area (Å²) >= 11 is 12.8. The number of fused-ring (bicyclic) bond motifs is 1. The molecule has 0 amide bonds. The molecule has 242 valence electrons. The molecule has 0 spiro atoms. The van der Waals surface area contributed by atoms with E-state index in [0.717, 1.165) is 18.9 Å². The van der Waals surface area contributed by atoms with E-state index in [9.17, 15) is 18.4 Å². The van der Waals surface area contributed by atoms with Crippen molar-refractivity contribution in [1.82, 2.24) is 24.4 Å². The van der Waals surface area contributed by atoms with Crippen LogP contribution in [-0.4, -0.2) is 95.3 Å². The van der Waals surface area contributed by atoms with E-state index < -0.39 is 36.3 Å². The number of hydrogen-bond acceptors (Lipinski definition) is 10. The fourth-order valence-corrected chi connectivity index (χ4v) is 6.03. The third-order valence-corrected chi connectivity index (χ3v) is 8.69. The van der Waals surface area contributed by atoms with Crippen LogP contribution in [0.1, 0.15) is 23.7 Å². The summed E-state index contributed by atoms with van der Waals surface area (Å²) in [6, 6.07) is 7.76. The van der Waals surface area contributed by atoms with E-state index in [2.05, 4.69) is 24.8 Å². The molecule has 2 aliphatic rings. The van der Waals surface area contributed by atoms with Gasteiger partial charge in [-0.15, -0.1) is 0 Å². The quantitative estimate of drug-likeness (QED) is 0.232. The van der Waals surface area contributed by atoms with Crippen molar-refractivity contribution in [1.29, 1.82) is 0 Å². The summed E-state index contributed by atoms with van der Waals surface area (Å²) in [6.07, 6.45) is 3.89. The van der Waals surface area contributed by atoms with Crippen LogP contribution in [0, 0.1) is 0 Å². The summed E-state index contributed by atoms with van der Waals surface area (Å²) in [6.45, 7) is 2.50. The number of esters is 1. The highest BCUT2D eigenvalue weighted by Gasteiger charge is 2.46. The molecule has 0 saturated carbocycles. The summed E-state index contributed by atoms with van der Waals surface area (Å²) in [5, 5.41) is 0.213. The van der Waals surface area contributed by atoms with E-state index in [0.29, 0.717) is 11.7 Å². The molecule has 2 fully saturated rings. The van der Waals surface area contributed by atoms with Gasteiger partial charge in [0.05, 0.1) is 41.5 Å². The van der Waals surface area contributed by atoms with Gasteiger partial charge in [0.25, 0.3) is 5.92 Å². The first kappa shape index (κ1) is 31.9. The van der Waals surface area contributed by atoms with Crippen LogP contribution in [0.5, 0.6) is 5.88 Å². The number of likely N-dealkylation sites (N-methyl/N-ethyl adjacent to an activating group) is 1. The molecule has 46 heavy (non-hydrogen) atoms. The Labute approximate surface area is 273 Å². The minimum Gasteiger partial charge on any atom is -0.474 e. The van der Waals surface area contributed by atoms with Crippen LogP contribution in [0.15, 0.2) is 53.7 Å². The Hall–Kier alpha value is -4.07. The molecule has 6 rings (SSSR count). The third kappa shape index (κ3) is 6.18. The van der Waals surface area contributed by atoms with Gasteiger partial charge in [-0.05, 0) is 51.4 Å². The largest absolute Gasteiger partial charge is 0.474 e. The van der Waals surface area contributed by atoms with Crippen molar-refractivity contribution in [3.63, 3.8) is 0 Å². The zero-order valence-corrected chi connectivity index (χ0v) is 26.8. The average molecular weight is 675 g/mol. The topological polar surface area (TPSA) is 106 Å².